The van der Waals surface area contributed by atoms with Gasteiger partial charge in [0.1, 0.15) is 5.82 Å². The summed E-state index contributed by atoms with van der Waals surface area (Å²) in [6, 6.07) is 16.9. The Morgan fingerprint density at radius 3 is 2.21 bits per heavy atom. The third-order valence-corrected chi connectivity index (χ3v) is 7.02. The Balaban J connectivity index is 1.51. The van der Waals surface area contributed by atoms with Gasteiger partial charge in [0.05, 0.1) is 10.7 Å². The van der Waals surface area contributed by atoms with Gasteiger partial charge in [-0.15, -0.1) is 0 Å². The van der Waals surface area contributed by atoms with E-state index >= 15 is 0 Å². The molecule has 0 bridgehead atoms. The molecule has 1 saturated carbocycles. The van der Waals surface area contributed by atoms with Gasteiger partial charge < -0.3 is 16.4 Å². The number of hydrogen-bond acceptors (Lipinski definition) is 3. The van der Waals surface area contributed by atoms with Crippen LogP contribution in [0.2, 0.25) is 5.02 Å². The minimum atomic E-state index is -0.457. The Morgan fingerprint density at radius 1 is 0.941 bits per heavy atom. The van der Waals surface area contributed by atoms with Crippen molar-refractivity contribution in [3.63, 3.8) is 0 Å². The highest BCUT2D eigenvalue weighted by Crippen LogP contribution is 2.67. The van der Waals surface area contributed by atoms with E-state index in [0.29, 0.717) is 28.2 Å². The molecule has 0 saturated heterocycles. The van der Waals surface area contributed by atoms with Gasteiger partial charge >= 0.3 is 0 Å². The minimum Gasteiger partial charge on any atom is -0.396 e. The first-order valence-corrected chi connectivity index (χ1v) is 11.7. The Labute approximate surface area is 206 Å². The number of halogens is 2. The first-order chi connectivity index (χ1) is 16.0. The van der Waals surface area contributed by atoms with Crippen molar-refractivity contribution >= 4 is 34.4 Å². The fourth-order valence-corrected chi connectivity index (χ4v) is 5.29. The number of rotatable bonds is 7. The maximum atomic E-state index is 13.5. The molecule has 0 aliphatic heterocycles. The standard InChI is InChI=1S/C29H31ClFN3/c1-16-11-17(2)13-20(12-16)28-27(29(28,5)6)19(4)34-21-7-9-24(30)23(14-21)18(3)33-22-8-10-25(31)26(32)15-22/h7-15,27-28,33-34H,3-4,32H2,1-2,5-6H3. The van der Waals surface area contributed by atoms with E-state index in [4.69, 9.17) is 17.3 Å². The van der Waals surface area contributed by atoms with Crippen molar-refractivity contribution < 1.29 is 4.39 Å². The van der Waals surface area contributed by atoms with Crippen molar-refractivity contribution in [3.05, 3.63) is 107 Å². The number of nitrogens with two attached hydrogens (primary N) is 1. The van der Waals surface area contributed by atoms with Crippen LogP contribution in [-0.4, -0.2) is 0 Å². The third kappa shape index (κ3) is 4.69. The monoisotopic (exact) mass is 475 g/mol. The summed E-state index contributed by atoms with van der Waals surface area (Å²) in [5, 5.41) is 7.22. The number of nitrogen functional groups attached to an aromatic ring is 1. The predicted molar refractivity (Wildman–Crippen MR) is 144 cm³/mol. The van der Waals surface area contributed by atoms with Crippen LogP contribution < -0.4 is 16.4 Å². The van der Waals surface area contributed by atoms with Gasteiger partial charge in [-0.05, 0) is 67.1 Å². The van der Waals surface area contributed by atoms with Gasteiger partial charge in [-0.1, -0.05) is 67.9 Å². The quantitative estimate of drug-likeness (QED) is 0.302. The van der Waals surface area contributed by atoms with Gasteiger partial charge in [-0.3, -0.25) is 0 Å². The van der Waals surface area contributed by atoms with Crippen LogP contribution in [-0.2, 0) is 0 Å². The van der Waals surface area contributed by atoms with Crippen LogP contribution in [0.25, 0.3) is 5.70 Å². The lowest BCUT2D eigenvalue weighted by Gasteiger charge is -2.16. The van der Waals surface area contributed by atoms with Gasteiger partial charge in [-0.25, -0.2) is 4.39 Å². The van der Waals surface area contributed by atoms with Crippen molar-refractivity contribution in [2.24, 2.45) is 11.3 Å². The molecule has 4 rings (SSSR count). The normalized spacial score (nSPS) is 18.3. The summed E-state index contributed by atoms with van der Waals surface area (Å²) >= 11 is 6.47. The first kappa shape index (κ1) is 23.9. The SMILES string of the molecule is C=C(Nc1ccc(F)c(N)c1)c1cc(NC(=C)C2C(c3cc(C)cc(C)c3)C2(C)C)ccc1Cl. The molecular weight excluding hydrogens is 445 g/mol. The molecule has 1 aliphatic rings. The molecular formula is C29H31ClFN3. The van der Waals surface area contributed by atoms with E-state index < -0.39 is 5.82 Å². The summed E-state index contributed by atoms with van der Waals surface area (Å²) in [6.07, 6.45) is 0. The molecule has 0 heterocycles. The number of nitrogens with one attached hydrogen (secondary N) is 2. The molecule has 4 N–H and O–H groups in total. The van der Waals surface area contributed by atoms with E-state index in [1.165, 1.54) is 28.8 Å². The van der Waals surface area contributed by atoms with Crippen LogP contribution in [0.3, 0.4) is 0 Å². The highest BCUT2D eigenvalue weighted by Gasteiger charge is 2.59. The first-order valence-electron chi connectivity index (χ1n) is 11.3. The van der Waals surface area contributed by atoms with E-state index in [1.54, 1.807) is 6.07 Å². The largest absolute Gasteiger partial charge is 0.396 e. The highest BCUT2D eigenvalue weighted by molar-refractivity contribution is 6.32. The average molecular weight is 476 g/mol. The smallest absolute Gasteiger partial charge is 0.146 e. The fourth-order valence-electron chi connectivity index (χ4n) is 5.06. The van der Waals surface area contributed by atoms with Gasteiger partial charge in [0, 0.05) is 34.3 Å². The topological polar surface area (TPSA) is 50.1 Å². The fraction of sp³-hybridized carbons (Fsp3) is 0.241. The predicted octanol–water partition coefficient (Wildman–Crippen LogP) is 8.13. The van der Waals surface area contributed by atoms with Crippen LogP contribution in [0.15, 0.2) is 73.5 Å². The second-order valence-electron chi connectivity index (χ2n) is 9.88. The summed E-state index contributed by atoms with van der Waals surface area (Å²) < 4.78 is 13.5. The Hall–Kier alpha value is -3.24. The second kappa shape index (κ2) is 8.84. The summed E-state index contributed by atoms with van der Waals surface area (Å²) in [4.78, 5) is 0. The molecule has 3 aromatic rings. The number of anilines is 3. The average Bonchev–Trinajstić information content (AvgIpc) is 3.33. The summed E-state index contributed by atoms with van der Waals surface area (Å²) in [5.41, 5.74) is 13.6. The van der Waals surface area contributed by atoms with Crippen LogP contribution in [0.5, 0.6) is 0 Å². The molecule has 0 spiro atoms. The van der Waals surface area contributed by atoms with Crippen molar-refractivity contribution in [3.8, 4) is 0 Å². The van der Waals surface area contributed by atoms with Crippen LogP contribution in [0.4, 0.5) is 21.5 Å². The van der Waals surface area contributed by atoms with Crippen molar-refractivity contribution in [1.82, 2.24) is 0 Å². The van der Waals surface area contributed by atoms with Crippen molar-refractivity contribution in [2.75, 3.05) is 16.4 Å². The molecule has 2 atom stereocenters. The zero-order chi connectivity index (χ0) is 24.8. The zero-order valence-electron chi connectivity index (χ0n) is 20.1. The minimum absolute atomic E-state index is 0.0704. The van der Waals surface area contributed by atoms with E-state index in [-0.39, 0.29) is 11.1 Å². The van der Waals surface area contributed by atoms with E-state index in [1.807, 2.05) is 18.2 Å². The van der Waals surface area contributed by atoms with E-state index in [9.17, 15) is 4.39 Å². The molecule has 2 unspecified atom stereocenters. The summed E-state index contributed by atoms with van der Waals surface area (Å²) in [7, 11) is 0. The van der Waals surface area contributed by atoms with E-state index in [0.717, 1.165) is 16.9 Å². The van der Waals surface area contributed by atoms with Crippen LogP contribution >= 0.6 is 11.6 Å². The van der Waals surface area contributed by atoms with Crippen molar-refractivity contribution in [1.29, 1.82) is 0 Å². The molecule has 34 heavy (non-hydrogen) atoms. The number of aryl methyl sites for hydroxylation is 2. The molecule has 0 aromatic heterocycles. The van der Waals surface area contributed by atoms with Gasteiger partial charge in [0.25, 0.3) is 0 Å². The highest BCUT2D eigenvalue weighted by atomic mass is 35.5. The molecule has 176 valence electrons. The molecule has 5 heteroatoms. The van der Waals surface area contributed by atoms with Gasteiger partial charge in [0.2, 0.25) is 0 Å². The van der Waals surface area contributed by atoms with Gasteiger partial charge in [-0.2, -0.15) is 0 Å². The molecule has 1 aliphatic carbocycles. The lowest BCUT2D eigenvalue weighted by atomic mass is 9.99. The number of hydrogen-bond donors (Lipinski definition) is 3. The van der Waals surface area contributed by atoms with Crippen LogP contribution in [0.1, 0.15) is 42.0 Å². The Morgan fingerprint density at radius 2 is 1.56 bits per heavy atom. The third-order valence-electron chi connectivity index (χ3n) is 6.69. The lowest BCUT2D eigenvalue weighted by molar-refractivity contribution is 0.585. The maximum Gasteiger partial charge on any atom is 0.146 e. The Bertz CT molecular complexity index is 1270. The number of allylic oxidation sites excluding steroid dienone is 1. The second-order valence-corrected chi connectivity index (χ2v) is 10.3. The summed E-state index contributed by atoms with van der Waals surface area (Å²) in [5.74, 6) is 0.274. The molecule has 3 nitrogen and oxygen atoms in total. The van der Waals surface area contributed by atoms with E-state index in [2.05, 4.69) is 69.7 Å². The van der Waals surface area contributed by atoms with Crippen LogP contribution in [0, 0.1) is 31.0 Å². The zero-order valence-corrected chi connectivity index (χ0v) is 20.9. The maximum absolute atomic E-state index is 13.5. The number of benzene rings is 3. The molecule has 1 fully saturated rings. The Kier molecular flexibility index (Phi) is 6.22. The lowest BCUT2D eigenvalue weighted by Crippen LogP contribution is -2.05. The molecule has 0 radical (unpaired) electrons. The molecule has 0 amide bonds. The molecule has 3 aromatic carbocycles. The summed E-state index contributed by atoms with van der Waals surface area (Å²) in [6.45, 7) is 17.4. The van der Waals surface area contributed by atoms with Gasteiger partial charge in [0.15, 0.2) is 0 Å². The van der Waals surface area contributed by atoms with Crippen molar-refractivity contribution in [2.45, 2.75) is 33.6 Å².